The van der Waals surface area contributed by atoms with Gasteiger partial charge in [-0.05, 0) is 17.7 Å². The summed E-state index contributed by atoms with van der Waals surface area (Å²) in [5.74, 6) is 0.0528. The van der Waals surface area contributed by atoms with Crippen LogP contribution in [0.15, 0.2) is 24.3 Å². The molecule has 1 fully saturated rings. The summed E-state index contributed by atoms with van der Waals surface area (Å²) >= 11 is 0. The van der Waals surface area contributed by atoms with Crippen LogP contribution in [0.3, 0.4) is 0 Å². The molecule has 1 aliphatic carbocycles. The second-order valence-electron chi connectivity index (χ2n) is 4.18. The third-order valence-electron chi connectivity index (χ3n) is 3.07. The molecule has 0 bridgehead atoms. The number of benzene rings is 1. The number of rotatable bonds is 2. The summed E-state index contributed by atoms with van der Waals surface area (Å²) in [5, 5.41) is 0. The van der Waals surface area contributed by atoms with Crippen LogP contribution in [-0.2, 0) is 4.79 Å². The molecule has 2 rings (SSSR count). The third-order valence-corrected chi connectivity index (χ3v) is 3.07. The van der Waals surface area contributed by atoms with Gasteiger partial charge < -0.3 is 4.74 Å². The SMILES string of the molecule is CC1C(=O)CC1c1ccc(OC(F)(F)F)cc1. The molecule has 0 spiro atoms. The second kappa shape index (κ2) is 4.05. The Balaban J connectivity index is 2.06. The van der Waals surface area contributed by atoms with E-state index in [0.29, 0.717) is 6.42 Å². The molecule has 2 atom stereocenters. The zero-order valence-corrected chi connectivity index (χ0v) is 9.12. The number of ketones is 1. The number of halogens is 3. The lowest BCUT2D eigenvalue weighted by atomic mass is 9.70. The molecule has 0 N–H and O–H groups in total. The van der Waals surface area contributed by atoms with Gasteiger partial charge in [-0.15, -0.1) is 13.2 Å². The van der Waals surface area contributed by atoms with E-state index in [1.807, 2.05) is 6.92 Å². The van der Waals surface area contributed by atoms with E-state index in [1.54, 1.807) is 12.1 Å². The van der Waals surface area contributed by atoms with Crippen LogP contribution in [0.1, 0.15) is 24.8 Å². The van der Waals surface area contributed by atoms with Crippen molar-refractivity contribution in [1.29, 1.82) is 0 Å². The van der Waals surface area contributed by atoms with Crippen molar-refractivity contribution in [3.63, 3.8) is 0 Å². The van der Waals surface area contributed by atoms with Gasteiger partial charge in [0.2, 0.25) is 0 Å². The van der Waals surface area contributed by atoms with Crippen molar-refractivity contribution in [1.82, 2.24) is 0 Å². The van der Waals surface area contributed by atoms with E-state index in [4.69, 9.17) is 0 Å². The molecule has 1 aliphatic rings. The van der Waals surface area contributed by atoms with Gasteiger partial charge in [0.1, 0.15) is 11.5 Å². The highest BCUT2D eigenvalue weighted by atomic mass is 19.4. The third kappa shape index (κ3) is 2.60. The number of Topliss-reactive ketones (excluding diaryl/α,β-unsaturated/α-hetero) is 1. The normalized spacial score (nSPS) is 24.4. The lowest BCUT2D eigenvalue weighted by Crippen LogP contribution is -2.32. The van der Waals surface area contributed by atoms with E-state index < -0.39 is 6.36 Å². The molecule has 0 amide bonds. The lowest BCUT2D eigenvalue weighted by molar-refractivity contribution is -0.274. The van der Waals surface area contributed by atoms with Gasteiger partial charge in [0, 0.05) is 18.3 Å². The van der Waals surface area contributed by atoms with E-state index in [-0.39, 0.29) is 23.4 Å². The average Bonchev–Trinajstić information content (AvgIpc) is 2.25. The Bertz CT molecular complexity index is 422. The monoisotopic (exact) mass is 244 g/mol. The number of ether oxygens (including phenoxy) is 1. The molecule has 2 unspecified atom stereocenters. The first-order valence-electron chi connectivity index (χ1n) is 5.25. The first-order chi connectivity index (χ1) is 7.87. The van der Waals surface area contributed by atoms with Crippen LogP contribution in [0, 0.1) is 5.92 Å². The number of alkyl halides is 3. The molecule has 0 aliphatic heterocycles. The lowest BCUT2D eigenvalue weighted by Gasteiger charge is -2.32. The topological polar surface area (TPSA) is 26.3 Å². The minimum absolute atomic E-state index is 0.0376. The molecule has 0 radical (unpaired) electrons. The zero-order chi connectivity index (χ0) is 12.6. The number of carbonyl (C=O) groups excluding carboxylic acids is 1. The summed E-state index contributed by atoms with van der Waals surface area (Å²) in [6.07, 6.45) is -4.19. The standard InChI is InChI=1S/C12H11F3O2/c1-7-10(6-11(7)16)8-2-4-9(5-3-8)17-12(13,14)15/h2-5,7,10H,6H2,1H3. The summed E-state index contributed by atoms with van der Waals surface area (Å²) in [5.41, 5.74) is 0.881. The molecule has 1 aromatic carbocycles. The van der Waals surface area contributed by atoms with Crippen molar-refractivity contribution >= 4 is 5.78 Å². The molecule has 92 valence electrons. The fraction of sp³-hybridized carbons (Fsp3) is 0.417. The fourth-order valence-corrected chi connectivity index (χ4v) is 1.97. The van der Waals surface area contributed by atoms with Gasteiger partial charge in [-0.25, -0.2) is 0 Å². The molecule has 17 heavy (non-hydrogen) atoms. The van der Waals surface area contributed by atoms with Crippen molar-refractivity contribution in [2.24, 2.45) is 5.92 Å². The molecular weight excluding hydrogens is 233 g/mol. The van der Waals surface area contributed by atoms with Crippen LogP contribution in [0.2, 0.25) is 0 Å². The van der Waals surface area contributed by atoms with Gasteiger partial charge in [0.25, 0.3) is 0 Å². The molecule has 1 saturated carbocycles. The van der Waals surface area contributed by atoms with E-state index in [2.05, 4.69) is 4.74 Å². The maximum absolute atomic E-state index is 11.9. The fourth-order valence-electron chi connectivity index (χ4n) is 1.97. The van der Waals surface area contributed by atoms with Crippen LogP contribution in [0.4, 0.5) is 13.2 Å². The predicted octanol–water partition coefficient (Wildman–Crippen LogP) is 3.28. The number of hydrogen-bond donors (Lipinski definition) is 0. The minimum atomic E-state index is -4.67. The molecule has 0 saturated heterocycles. The Morgan fingerprint density at radius 2 is 1.82 bits per heavy atom. The predicted molar refractivity (Wildman–Crippen MR) is 54.7 cm³/mol. The van der Waals surface area contributed by atoms with Crippen molar-refractivity contribution in [2.75, 3.05) is 0 Å². The maximum atomic E-state index is 11.9. The van der Waals surface area contributed by atoms with Crippen LogP contribution >= 0.6 is 0 Å². The van der Waals surface area contributed by atoms with Crippen molar-refractivity contribution in [3.05, 3.63) is 29.8 Å². The highest BCUT2D eigenvalue weighted by molar-refractivity contribution is 5.88. The van der Waals surface area contributed by atoms with Gasteiger partial charge in [-0.3, -0.25) is 4.79 Å². The summed E-state index contributed by atoms with van der Waals surface area (Å²) < 4.78 is 39.5. The largest absolute Gasteiger partial charge is 0.573 e. The second-order valence-corrected chi connectivity index (χ2v) is 4.18. The maximum Gasteiger partial charge on any atom is 0.573 e. The number of carbonyl (C=O) groups is 1. The molecule has 5 heteroatoms. The first kappa shape index (κ1) is 12.0. The van der Waals surface area contributed by atoms with Gasteiger partial charge in [-0.1, -0.05) is 19.1 Å². The highest BCUT2D eigenvalue weighted by Crippen LogP contribution is 2.39. The number of hydrogen-bond acceptors (Lipinski definition) is 2. The van der Waals surface area contributed by atoms with E-state index in [9.17, 15) is 18.0 Å². The Morgan fingerprint density at radius 3 is 2.24 bits per heavy atom. The van der Waals surface area contributed by atoms with E-state index >= 15 is 0 Å². The average molecular weight is 244 g/mol. The molecule has 0 heterocycles. The van der Waals surface area contributed by atoms with Crippen LogP contribution < -0.4 is 4.74 Å². The first-order valence-corrected chi connectivity index (χ1v) is 5.25. The van der Waals surface area contributed by atoms with Gasteiger partial charge in [-0.2, -0.15) is 0 Å². The van der Waals surface area contributed by atoms with E-state index in [1.165, 1.54) is 12.1 Å². The van der Waals surface area contributed by atoms with Gasteiger partial charge in [0.05, 0.1) is 0 Å². The van der Waals surface area contributed by atoms with Crippen LogP contribution in [0.25, 0.3) is 0 Å². The Kier molecular flexibility index (Phi) is 2.85. The Hall–Kier alpha value is -1.52. The summed E-state index contributed by atoms with van der Waals surface area (Å²) in [7, 11) is 0. The summed E-state index contributed by atoms with van der Waals surface area (Å²) in [6, 6.07) is 5.71. The minimum Gasteiger partial charge on any atom is -0.406 e. The molecule has 2 nitrogen and oxygen atoms in total. The van der Waals surface area contributed by atoms with Gasteiger partial charge >= 0.3 is 6.36 Å². The van der Waals surface area contributed by atoms with Crippen LogP contribution in [-0.4, -0.2) is 12.1 Å². The van der Waals surface area contributed by atoms with Crippen molar-refractivity contribution in [3.8, 4) is 5.75 Å². The Labute approximate surface area is 96.4 Å². The molecule has 1 aromatic rings. The van der Waals surface area contributed by atoms with Crippen LogP contribution in [0.5, 0.6) is 5.75 Å². The summed E-state index contributed by atoms with van der Waals surface area (Å²) in [4.78, 5) is 11.1. The molecule has 0 aromatic heterocycles. The zero-order valence-electron chi connectivity index (χ0n) is 9.12. The Morgan fingerprint density at radius 1 is 1.24 bits per heavy atom. The summed E-state index contributed by atoms with van der Waals surface area (Å²) in [6.45, 7) is 1.83. The van der Waals surface area contributed by atoms with E-state index in [0.717, 1.165) is 5.56 Å². The van der Waals surface area contributed by atoms with Gasteiger partial charge in [0.15, 0.2) is 0 Å². The molecular formula is C12H11F3O2. The quantitative estimate of drug-likeness (QED) is 0.798. The smallest absolute Gasteiger partial charge is 0.406 e. The van der Waals surface area contributed by atoms with Crippen molar-refractivity contribution in [2.45, 2.75) is 25.6 Å². The van der Waals surface area contributed by atoms with Crippen molar-refractivity contribution < 1.29 is 22.7 Å². The highest BCUT2D eigenvalue weighted by Gasteiger charge is 2.37.